The molecule has 1 aromatic heterocycles. The molecule has 1 N–H and O–H groups in total. The van der Waals surface area contributed by atoms with Crippen molar-refractivity contribution in [3.05, 3.63) is 50.6 Å². The molecule has 1 heterocycles. The predicted octanol–water partition coefficient (Wildman–Crippen LogP) is 1.93. The molecule has 78 valence electrons. The van der Waals surface area contributed by atoms with Gasteiger partial charge in [-0.3, -0.25) is 4.98 Å². The third-order valence-electron chi connectivity index (χ3n) is 1.94. The minimum Gasteiger partial charge on any atom is -0.295 e. The first-order chi connectivity index (χ1) is 7.16. The molecule has 2 aromatic rings. The largest absolute Gasteiger partial charge is 0.343 e. The standard InChI is InChI=1S/C9H7Cl2N3O/c10-7-2-1-6(3-8(7)11)4-14-9(15)12-5-13-14/h1-3,5H,4H2,(H,12,13,15). The highest BCUT2D eigenvalue weighted by atomic mass is 35.5. The molecular weight excluding hydrogens is 237 g/mol. The smallest absolute Gasteiger partial charge is 0.295 e. The maximum Gasteiger partial charge on any atom is 0.343 e. The number of aromatic nitrogens is 3. The van der Waals surface area contributed by atoms with Crippen molar-refractivity contribution in [2.45, 2.75) is 6.54 Å². The van der Waals surface area contributed by atoms with E-state index in [2.05, 4.69) is 10.1 Å². The number of nitrogens with zero attached hydrogens (tertiary/aromatic N) is 2. The van der Waals surface area contributed by atoms with Gasteiger partial charge in [-0.15, -0.1) is 0 Å². The first-order valence-corrected chi connectivity index (χ1v) is 4.97. The van der Waals surface area contributed by atoms with E-state index >= 15 is 0 Å². The fourth-order valence-electron chi connectivity index (χ4n) is 1.20. The zero-order valence-electron chi connectivity index (χ0n) is 7.58. The number of rotatable bonds is 2. The molecule has 0 fully saturated rings. The SMILES string of the molecule is O=c1[nH]cnn1Cc1ccc(Cl)c(Cl)c1. The van der Waals surface area contributed by atoms with Crippen LogP contribution < -0.4 is 5.69 Å². The predicted molar refractivity (Wildman–Crippen MR) is 58.4 cm³/mol. The zero-order valence-corrected chi connectivity index (χ0v) is 9.09. The molecule has 0 unspecified atom stereocenters. The maximum absolute atomic E-state index is 11.2. The van der Waals surface area contributed by atoms with Gasteiger partial charge in [0.1, 0.15) is 6.33 Å². The summed E-state index contributed by atoms with van der Waals surface area (Å²) in [6.45, 7) is 0.374. The zero-order chi connectivity index (χ0) is 10.8. The van der Waals surface area contributed by atoms with E-state index in [1.165, 1.54) is 11.0 Å². The summed E-state index contributed by atoms with van der Waals surface area (Å²) in [5.41, 5.74) is 0.625. The lowest BCUT2D eigenvalue weighted by molar-refractivity contribution is 0.659. The van der Waals surface area contributed by atoms with Crippen molar-refractivity contribution in [2.24, 2.45) is 0 Å². The van der Waals surface area contributed by atoms with Gasteiger partial charge in [0.2, 0.25) is 0 Å². The molecule has 0 bridgehead atoms. The van der Waals surface area contributed by atoms with E-state index < -0.39 is 0 Å². The maximum atomic E-state index is 11.2. The Balaban J connectivity index is 2.29. The topological polar surface area (TPSA) is 50.7 Å². The fraction of sp³-hybridized carbons (Fsp3) is 0.111. The van der Waals surface area contributed by atoms with Gasteiger partial charge in [-0.25, -0.2) is 9.48 Å². The molecule has 1 aromatic carbocycles. The molecular formula is C9H7Cl2N3O. The Bertz CT molecular complexity index is 532. The van der Waals surface area contributed by atoms with Crippen LogP contribution in [0.1, 0.15) is 5.56 Å². The number of hydrogen-bond acceptors (Lipinski definition) is 2. The Labute approximate surface area is 95.4 Å². The van der Waals surface area contributed by atoms with Gasteiger partial charge in [-0.2, -0.15) is 5.10 Å². The number of benzene rings is 1. The van der Waals surface area contributed by atoms with Crippen molar-refractivity contribution in [1.29, 1.82) is 0 Å². The number of nitrogens with one attached hydrogen (secondary N) is 1. The van der Waals surface area contributed by atoms with Crippen molar-refractivity contribution in [3.8, 4) is 0 Å². The summed E-state index contributed by atoms with van der Waals surface area (Å²) >= 11 is 11.6. The van der Waals surface area contributed by atoms with Gasteiger partial charge >= 0.3 is 5.69 Å². The van der Waals surface area contributed by atoms with Crippen molar-refractivity contribution in [2.75, 3.05) is 0 Å². The van der Waals surface area contributed by atoms with Gasteiger partial charge in [0.05, 0.1) is 16.6 Å². The molecule has 6 heteroatoms. The first-order valence-electron chi connectivity index (χ1n) is 4.21. The highest BCUT2D eigenvalue weighted by Gasteiger charge is 2.02. The Morgan fingerprint density at radius 1 is 1.33 bits per heavy atom. The molecule has 0 aliphatic carbocycles. The number of hydrogen-bond donors (Lipinski definition) is 1. The quantitative estimate of drug-likeness (QED) is 0.877. The Morgan fingerprint density at radius 2 is 2.13 bits per heavy atom. The van der Waals surface area contributed by atoms with E-state index in [1.54, 1.807) is 18.2 Å². The summed E-state index contributed by atoms with van der Waals surface area (Å²) in [5, 5.41) is 4.80. The normalized spacial score (nSPS) is 10.5. The second-order valence-electron chi connectivity index (χ2n) is 3.00. The Morgan fingerprint density at radius 3 is 2.73 bits per heavy atom. The molecule has 2 rings (SSSR count). The van der Waals surface area contributed by atoms with Crippen LogP contribution in [0.2, 0.25) is 10.0 Å². The van der Waals surface area contributed by atoms with Gasteiger partial charge in [-0.05, 0) is 17.7 Å². The molecule has 0 radical (unpaired) electrons. The van der Waals surface area contributed by atoms with Crippen LogP contribution in [0.4, 0.5) is 0 Å². The molecule has 0 spiro atoms. The molecule has 4 nitrogen and oxygen atoms in total. The van der Waals surface area contributed by atoms with E-state index in [1.807, 2.05) is 0 Å². The fourth-order valence-corrected chi connectivity index (χ4v) is 1.52. The number of aromatic amines is 1. The lowest BCUT2D eigenvalue weighted by Gasteiger charge is -2.02. The van der Waals surface area contributed by atoms with Crippen LogP contribution in [0, 0.1) is 0 Å². The van der Waals surface area contributed by atoms with Gasteiger partial charge in [-0.1, -0.05) is 29.3 Å². The number of halogens is 2. The molecule has 0 amide bonds. The third-order valence-corrected chi connectivity index (χ3v) is 2.67. The van der Waals surface area contributed by atoms with Crippen LogP contribution in [0.5, 0.6) is 0 Å². The summed E-state index contributed by atoms with van der Waals surface area (Å²) in [4.78, 5) is 13.6. The van der Waals surface area contributed by atoms with Crippen molar-refractivity contribution in [3.63, 3.8) is 0 Å². The van der Waals surface area contributed by atoms with Crippen molar-refractivity contribution >= 4 is 23.2 Å². The average Bonchev–Trinajstić information content (AvgIpc) is 2.59. The van der Waals surface area contributed by atoms with Crippen LogP contribution in [0.3, 0.4) is 0 Å². The highest BCUT2D eigenvalue weighted by Crippen LogP contribution is 2.22. The van der Waals surface area contributed by atoms with Crippen LogP contribution in [0.25, 0.3) is 0 Å². The minimum absolute atomic E-state index is 0.249. The minimum atomic E-state index is -0.249. The van der Waals surface area contributed by atoms with Crippen molar-refractivity contribution < 1.29 is 0 Å². The number of H-pyrrole nitrogens is 1. The second kappa shape index (κ2) is 4.08. The monoisotopic (exact) mass is 243 g/mol. The summed E-state index contributed by atoms with van der Waals surface area (Å²) < 4.78 is 1.31. The van der Waals surface area contributed by atoms with Gasteiger partial charge in [0, 0.05) is 0 Å². The lowest BCUT2D eigenvalue weighted by Crippen LogP contribution is -2.18. The summed E-state index contributed by atoms with van der Waals surface area (Å²) in [5.74, 6) is 0. The van der Waals surface area contributed by atoms with E-state index in [4.69, 9.17) is 23.2 Å². The lowest BCUT2D eigenvalue weighted by atomic mass is 10.2. The van der Waals surface area contributed by atoms with Gasteiger partial charge in [0.25, 0.3) is 0 Å². The molecule has 0 saturated carbocycles. The summed E-state index contributed by atoms with van der Waals surface area (Å²) in [7, 11) is 0. The second-order valence-corrected chi connectivity index (χ2v) is 3.81. The molecule has 15 heavy (non-hydrogen) atoms. The van der Waals surface area contributed by atoms with Crippen molar-refractivity contribution in [1.82, 2.24) is 14.8 Å². The van der Waals surface area contributed by atoms with Gasteiger partial charge in [0.15, 0.2) is 0 Å². The van der Waals surface area contributed by atoms with Gasteiger partial charge < -0.3 is 0 Å². The Hall–Kier alpha value is -1.26. The highest BCUT2D eigenvalue weighted by molar-refractivity contribution is 6.42. The summed E-state index contributed by atoms with van der Waals surface area (Å²) in [6.07, 6.45) is 1.35. The van der Waals surface area contributed by atoms with Crippen LogP contribution in [-0.4, -0.2) is 14.8 Å². The van der Waals surface area contributed by atoms with E-state index in [9.17, 15) is 4.79 Å². The van der Waals surface area contributed by atoms with Crippen LogP contribution in [-0.2, 0) is 6.54 Å². The Kier molecular flexibility index (Phi) is 2.79. The van der Waals surface area contributed by atoms with Crippen LogP contribution >= 0.6 is 23.2 Å². The molecule has 0 atom stereocenters. The third kappa shape index (κ3) is 2.22. The van der Waals surface area contributed by atoms with E-state index in [0.717, 1.165) is 5.56 Å². The molecule has 0 aliphatic rings. The first kappa shape index (κ1) is 10.3. The van der Waals surface area contributed by atoms with E-state index in [-0.39, 0.29) is 5.69 Å². The van der Waals surface area contributed by atoms with E-state index in [0.29, 0.717) is 16.6 Å². The van der Waals surface area contributed by atoms with Crippen LogP contribution in [0.15, 0.2) is 29.3 Å². The summed E-state index contributed by atoms with van der Waals surface area (Å²) in [6, 6.07) is 5.21. The average molecular weight is 244 g/mol. The molecule has 0 saturated heterocycles. The molecule has 0 aliphatic heterocycles.